The van der Waals surface area contributed by atoms with Gasteiger partial charge in [-0.05, 0) is 91.7 Å². The molecule has 0 bridgehead atoms. The summed E-state index contributed by atoms with van der Waals surface area (Å²) in [4.78, 5) is 0. The highest BCUT2D eigenvalue weighted by molar-refractivity contribution is 5.43. The molecule has 0 unspecified atom stereocenters. The average Bonchev–Trinajstić information content (AvgIpc) is 2.79. The normalized spacial score (nSPS) is 24.6. The number of benzene rings is 2. The Kier molecular flexibility index (Phi) is 6.71. The van der Waals surface area contributed by atoms with Gasteiger partial charge in [-0.1, -0.05) is 63.3 Å². The molecular weight excluding hydrogens is 368 g/mol. The summed E-state index contributed by atoms with van der Waals surface area (Å²) in [6.07, 6.45) is 14.8. The lowest BCUT2D eigenvalue weighted by Gasteiger charge is -2.44. The van der Waals surface area contributed by atoms with Crippen LogP contribution in [0.4, 0.5) is 0 Å². The first kappa shape index (κ1) is 21.3. The maximum atomic E-state index is 9.80. The molecule has 2 aliphatic rings. The molecule has 0 aromatic heterocycles. The molecule has 2 saturated carbocycles. The van der Waals surface area contributed by atoms with Crippen LogP contribution in [0, 0.1) is 17.8 Å². The monoisotopic (exact) mass is 406 g/mol. The average molecular weight is 407 g/mol. The van der Waals surface area contributed by atoms with Crippen LogP contribution < -0.4 is 0 Å². The number of rotatable bonds is 6. The minimum Gasteiger partial charge on any atom is -0.508 e. The predicted molar refractivity (Wildman–Crippen MR) is 124 cm³/mol. The van der Waals surface area contributed by atoms with Gasteiger partial charge in [-0.15, -0.1) is 0 Å². The molecule has 2 nitrogen and oxygen atoms in total. The van der Waals surface area contributed by atoms with E-state index in [9.17, 15) is 10.2 Å². The van der Waals surface area contributed by atoms with Crippen molar-refractivity contribution in [3.63, 3.8) is 0 Å². The Labute approximate surface area is 182 Å². The van der Waals surface area contributed by atoms with Gasteiger partial charge in [-0.3, -0.25) is 0 Å². The summed E-state index contributed by atoms with van der Waals surface area (Å²) in [7, 11) is 0. The van der Waals surface area contributed by atoms with E-state index in [1.165, 1.54) is 68.9 Å². The van der Waals surface area contributed by atoms with E-state index in [4.69, 9.17) is 0 Å². The number of hydrogen-bond acceptors (Lipinski definition) is 2. The van der Waals surface area contributed by atoms with Crippen molar-refractivity contribution in [2.75, 3.05) is 0 Å². The van der Waals surface area contributed by atoms with E-state index in [0.29, 0.717) is 11.5 Å². The van der Waals surface area contributed by atoms with Crippen molar-refractivity contribution in [3.05, 3.63) is 59.7 Å². The molecule has 162 valence electrons. The predicted octanol–water partition coefficient (Wildman–Crippen LogP) is 7.57. The van der Waals surface area contributed by atoms with Gasteiger partial charge in [0.25, 0.3) is 0 Å². The van der Waals surface area contributed by atoms with Crippen molar-refractivity contribution in [1.82, 2.24) is 0 Å². The fraction of sp³-hybridized carbons (Fsp3) is 0.571. The summed E-state index contributed by atoms with van der Waals surface area (Å²) in [5.41, 5.74) is 2.59. The van der Waals surface area contributed by atoms with Crippen LogP contribution in [0.15, 0.2) is 48.5 Å². The van der Waals surface area contributed by atoms with Crippen LogP contribution in [-0.4, -0.2) is 10.2 Å². The molecule has 2 aromatic rings. The van der Waals surface area contributed by atoms with E-state index < -0.39 is 0 Å². The van der Waals surface area contributed by atoms with Gasteiger partial charge in [-0.25, -0.2) is 0 Å². The van der Waals surface area contributed by atoms with E-state index >= 15 is 0 Å². The van der Waals surface area contributed by atoms with Gasteiger partial charge in [0, 0.05) is 5.41 Å². The molecule has 30 heavy (non-hydrogen) atoms. The molecule has 2 fully saturated rings. The molecular formula is C28H38O2. The zero-order valence-corrected chi connectivity index (χ0v) is 18.5. The largest absolute Gasteiger partial charge is 0.508 e. The summed E-state index contributed by atoms with van der Waals surface area (Å²) in [6, 6.07) is 15.7. The molecule has 2 aromatic carbocycles. The van der Waals surface area contributed by atoms with Crippen LogP contribution in [-0.2, 0) is 5.41 Å². The number of aromatic hydroxyl groups is 2. The van der Waals surface area contributed by atoms with Crippen LogP contribution in [0.1, 0.15) is 88.7 Å². The quantitative estimate of drug-likeness (QED) is 0.519. The lowest BCUT2D eigenvalue weighted by atomic mass is 9.60. The van der Waals surface area contributed by atoms with Crippen LogP contribution in [0.2, 0.25) is 0 Å². The number of hydrogen-bond donors (Lipinski definition) is 2. The lowest BCUT2D eigenvalue weighted by Crippen LogP contribution is -2.35. The standard InChI is InChI=1S/C28H38O2/c1-2-3-4-21-5-7-22(8-6-21)23-17-19-28(20-18-23,24-9-13-26(29)14-10-24)25-11-15-27(30)16-12-25/h9-16,21-23,29-30H,2-8,17-20H2,1H3/t21-,22+. The van der Waals surface area contributed by atoms with Crippen molar-refractivity contribution in [2.45, 2.75) is 83.0 Å². The molecule has 2 aliphatic carbocycles. The van der Waals surface area contributed by atoms with Gasteiger partial charge in [-0.2, -0.15) is 0 Å². The number of phenols is 2. The topological polar surface area (TPSA) is 40.5 Å². The van der Waals surface area contributed by atoms with Crippen LogP contribution >= 0.6 is 0 Å². The number of unbranched alkanes of at least 4 members (excludes halogenated alkanes) is 1. The van der Waals surface area contributed by atoms with E-state index in [0.717, 1.165) is 30.6 Å². The third-order valence-electron chi connectivity index (χ3n) is 8.25. The Morgan fingerprint density at radius 1 is 0.700 bits per heavy atom. The van der Waals surface area contributed by atoms with Crippen molar-refractivity contribution in [3.8, 4) is 11.5 Å². The second-order valence-corrected chi connectivity index (χ2v) is 9.94. The third kappa shape index (κ3) is 4.53. The van der Waals surface area contributed by atoms with Crippen molar-refractivity contribution in [1.29, 1.82) is 0 Å². The Bertz CT molecular complexity index is 729. The van der Waals surface area contributed by atoms with Gasteiger partial charge >= 0.3 is 0 Å². The van der Waals surface area contributed by atoms with Gasteiger partial charge in [0.15, 0.2) is 0 Å². The lowest BCUT2D eigenvalue weighted by molar-refractivity contribution is 0.140. The van der Waals surface area contributed by atoms with Crippen molar-refractivity contribution in [2.24, 2.45) is 17.8 Å². The summed E-state index contributed by atoms with van der Waals surface area (Å²) in [6.45, 7) is 2.31. The van der Waals surface area contributed by atoms with Crippen LogP contribution in [0.3, 0.4) is 0 Å². The van der Waals surface area contributed by atoms with Gasteiger partial charge < -0.3 is 10.2 Å². The minimum atomic E-state index is -0.00374. The Hall–Kier alpha value is -1.96. The summed E-state index contributed by atoms with van der Waals surface area (Å²) in [5.74, 6) is 3.42. The SMILES string of the molecule is CCCC[C@H]1CC[C@@H](C2CCC(c3ccc(O)cc3)(c3ccc(O)cc3)CC2)CC1. The second-order valence-electron chi connectivity index (χ2n) is 9.94. The van der Waals surface area contributed by atoms with Crippen molar-refractivity contribution < 1.29 is 10.2 Å². The smallest absolute Gasteiger partial charge is 0.115 e. The molecule has 0 saturated heterocycles. The highest BCUT2D eigenvalue weighted by Gasteiger charge is 2.40. The van der Waals surface area contributed by atoms with E-state index in [1.54, 1.807) is 0 Å². The fourth-order valence-corrected chi connectivity index (χ4v) is 6.35. The third-order valence-corrected chi connectivity index (χ3v) is 8.25. The van der Waals surface area contributed by atoms with Gasteiger partial charge in [0.05, 0.1) is 0 Å². The maximum absolute atomic E-state index is 9.80. The molecule has 2 heteroatoms. The van der Waals surface area contributed by atoms with Crippen LogP contribution in [0.5, 0.6) is 11.5 Å². The first-order valence-corrected chi connectivity index (χ1v) is 12.2. The zero-order valence-electron chi connectivity index (χ0n) is 18.5. The molecule has 0 aliphatic heterocycles. The molecule has 0 atom stereocenters. The summed E-state index contributed by atoms with van der Waals surface area (Å²) >= 11 is 0. The second kappa shape index (κ2) is 9.45. The van der Waals surface area contributed by atoms with Crippen molar-refractivity contribution >= 4 is 0 Å². The van der Waals surface area contributed by atoms with E-state index in [2.05, 4.69) is 31.2 Å². The molecule has 0 spiro atoms. The van der Waals surface area contributed by atoms with E-state index in [1.807, 2.05) is 24.3 Å². The molecule has 2 N–H and O–H groups in total. The Morgan fingerprint density at radius 2 is 1.17 bits per heavy atom. The fourth-order valence-electron chi connectivity index (χ4n) is 6.35. The molecule has 0 radical (unpaired) electrons. The minimum absolute atomic E-state index is 0.00374. The van der Waals surface area contributed by atoms with Crippen LogP contribution in [0.25, 0.3) is 0 Å². The Balaban J connectivity index is 1.47. The first-order chi connectivity index (χ1) is 14.6. The summed E-state index contributed by atoms with van der Waals surface area (Å²) in [5, 5.41) is 19.6. The highest BCUT2D eigenvalue weighted by Crippen LogP contribution is 2.50. The highest BCUT2D eigenvalue weighted by atomic mass is 16.3. The molecule has 0 amide bonds. The van der Waals surface area contributed by atoms with E-state index in [-0.39, 0.29) is 5.41 Å². The first-order valence-electron chi connectivity index (χ1n) is 12.2. The maximum Gasteiger partial charge on any atom is 0.115 e. The molecule has 4 rings (SSSR count). The Morgan fingerprint density at radius 3 is 1.63 bits per heavy atom. The zero-order chi connectivity index (χ0) is 21.0. The van der Waals surface area contributed by atoms with Gasteiger partial charge in [0.1, 0.15) is 11.5 Å². The number of phenolic OH excluding ortho intramolecular Hbond substituents is 2. The molecule has 0 heterocycles. The van der Waals surface area contributed by atoms with Gasteiger partial charge in [0.2, 0.25) is 0 Å². The summed E-state index contributed by atoms with van der Waals surface area (Å²) < 4.78 is 0.